The summed E-state index contributed by atoms with van der Waals surface area (Å²) in [6.45, 7) is 30.1. The van der Waals surface area contributed by atoms with Crippen molar-refractivity contribution in [2.24, 2.45) is 59.2 Å². The van der Waals surface area contributed by atoms with Gasteiger partial charge in [0.1, 0.15) is 30.2 Å². The van der Waals surface area contributed by atoms with E-state index in [0.717, 1.165) is 4.90 Å². The van der Waals surface area contributed by atoms with Crippen LogP contribution in [-0.4, -0.2) is 208 Å². The molecule has 486 valence electrons. The molecule has 12 atom stereocenters. The Kier molecular flexibility index (Phi) is 32.2. The van der Waals surface area contributed by atoms with Crippen LogP contribution in [-0.2, 0) is 52.7 Å². The summed E-state index contributed by atoms with van der Waals surface area (Å²) in [5.74, 6) is -10.7. The number of ketones is 3. The SMILES string of the molecule is C/C=C/C[C@@H](C)[C@@H](O)[C@H]1C(=O)CC(CC)C(=O)N(C)CC(=O)N(C)[C@@H](CC(C)C)C(=O)C[C@@H](C(C)C)C(=O)N(C)[C@@H](CC(C)C)C(=O)C[C@@H](C)C(=O)N[C@H](C)C(=O)N(C)[C@@H](CC(C)C)C(=O)N(C)[C@@H](CC(C)C)C(=O)N(C)C(C(C)C)C(=O)N1C. The third kappa shape index (κ3) is 22.0. The number of carbonyl (C=O) groups excluding carboxylic acids is 11. The minimum Gasteiger partial charge on any atom is -0.390 e. The average Bonchev–Trinajstić information content (AvgIpc) is 3.62. The first kappa shape index (κ1) is 77.5. The zero-order chi connectivity index (χ0) is 66.0. The molecular weight excluding hydrogens is 1080 g/mol. The fraction of sp³-hybridized carbons (Fsp3) is 0.800. The zero-order valence-electron chi connectivity index (χ0n) is 56.7. The normalized spacial score (nSPS) is 27.2. The highest BCUT2D eigenvalue weighted by molar-refractivity contribution is 5.99. The number of carbonyl (C=O) groups is 11. The Morgan fingerprint density at radius 2 is 0.918 bits per heavy atom. The molecule has 20 nitrogen and oxygen atoms in total. The quantitative estimate of drug-likeness (QED) is 0.166. The minimum absolute atomic E-state index is 0.0648. The van der Waals surface area contributed by atoms with Crippen LogP contribution < -0.4 is 5.32 Å². The van der Waals surface area contributed by atoms with Crippen molar-refractivity contribution >= 4 is 64.6 Å². The van der Waals surface area contributed by atoms with Gasteiger partial charge in [-0.25, -0.2) is 0 Å². The smallest absolute Gasteiger partial charge is 0.246 e. The molecule has 0 aliphatic carbocycles. The maximum atomic E-state index is 15.2. The molecule has 2 N–H and O–H groups in total. The maximum Gasteiger partial charge on any atom is 0.246 e. The van der Waals surface area contributed by atoms with Gasteiger partial charge in [-0.2, -0.15) is 0 Å². The number of likely N-dealkylation sites (N-methyl/N-ethyl adjacent to an activating group) is 7. The molecule has 0 aromatic rings. The second-order valence-electron chi connectivity index (χ2n) is 27.0. The molecule has 0 aromatic carbocycles. The number of nitrogens with zero attached hydrogens (tertiary/aromatic N) is 7. The highest BCUT2D eigenvalue weighted by atomic mass is 16.3. The number of aliphatic hydroxyl groups is 1. The Hall–Kier alpha value is -5.53. The molecule has 1 aliphatic heterocycles. The lowest BCUT2D eigenvalue weighted by Crippen LogP contribution is -2.61. The lowest BCUT2D eigenvalue weighted by atomic mass is 9.84. The topological polar surface area (TPSA) is 243 Å². The van der Waals surface area contributed by atoms with Gasteiger partial charge in [-0.3, -0.25) is 52.7 Å². The van der Waals surface area contributed by atoms with E-state index in [-0.39, 0.29) is 86.1 Å². The first-order valence-corrected chi connectivity index (χ1v) is 31.2. The van der Waals surface area contributed by atoms with Crippen LogP contribution in [0.5, 0.6) is 0 Å². The third-order valence-corrected chi connectivity index (χ3v) is 17.1. The van der Waals surface area contributed by atoms with Gasteiger partial charge in [0.25, 0.3) is 0 Å². The summed E-state index contributed by atoms with van der Waals surface area (Å²) in [5.41, 5.74) is 0. The van der Waals surface area contributed by atoms with Crippen LogP contribution in [0.3, 0.4) is 0 Å². The van der Waals surface area contributed by atoms with Crippen LogP contribution in [0.1, 0.15) is 175 Å². The summed E-state index contributed by atoms with van der Waals surface area (Å²) < 4.78 is 0. The number of aliphatic hydroxyl groups excluding tert-OH is 1. The van der Waals surface area contributed by atoms with Crippen molar-refractivity contribution in [3.63, 3.8) is 0 Å². The summed E-state index contributed by atoms with van der Waals surface area (Å²) in [6, 6.07) is -8.09. The van der Waals surface area contributed by atoms with E-state index in [1.54, 1.807) is 54.5 Å². The van der Waals surface area contributed by atoms with Gasteiger partial charge < -0.3 is 44.7 Å². The number of allylic oxidation sites excluding steroid dienone is 2. The molecule has 0 saturated carbocycles. The van der Waals surface area contributed by atoms with E-state index in [1.165, 1.54) is 85.7 Å². The Morgan fingerprint density at radius 3 is 1.36 bits per heavy atom. The number of hydrogen-bond acceptors (Lipinski definition) is 12. The molecule has 20 heteroatoms. The molecule has 1 fully saturated rings. The lowest BCUT2D eigenvalue weighted by Gasteiger charge is -2.41. The van der Waals surface area contributed by atoms with Gasteiger partial charge in [-0.1, -0.05) is 116 Å². The second-order valence-corrected chi connectivity index (χ2v) is 27.0. The second kappa shape index (κ2) is 35.3. The van der Waals surface area contributed by atoms with Crippen molar-refractivity contribution in [2.75, 3.05) is 55.9 Å². The van der Waals surface area contributed by atoms with Crippen molar-refractivity contribution in [3.05, 3.63) is 12.2 Å². The van der Waals surface area contributed by atoms with E-state index >= 15 is 9.59 Å². The van der Waals surface area contributed by atoms with Crippen LogP contribution in [0.2, 0.25) is 0 Å². The minimum atomic E-state index is -1.49. The molecule has 2 unspecified atom stereocenters. The molecule has 0 aromatic heterocycles. The van der Waals surface area contributed by atoms with E-state index in [4.69, 9.17) is 0 Å². The molecule has 0 radical (unpaired) electrons. The van der Waals surface area contributed by atoms with Crippen LogP contribution in [0.25, 0.3) is 0 Å². The number of hydrogen-bond donors (Lipinski definition) is 2. The predicted molar refractivity (Wildman–Crippen MR) is 332 cm³/mol. The molecule has 1 saturated heterocycles. The van der Waals surface area contributed by atoms with Gasteiger partial charge in [0.2, 0.25) is 47.3 Å². The molecule has 1 rings (SSSR count). The van der Waals surface area contributed by atoms with Crippen LogP contribution >= 0.6 is 0 Å². The highest BCUT2D eigenvalue weighted by Crippen LogP contribution is 2.29. The van der Waals surface area contributed by atoms with Gasteiger partial charge in [-0.05, 0) is 93.8 Å². The largest absolute Gasteiger partial charge is 0.390 e. The summed E-state index contributed by atoms with van der Waals surface area (Å²) >= 11 is 0. The molecule has 85 heavy (non-hydrogen) atoms. The maximum absolute atomic E-state index is 15.2. The lowest BCUT2D eigenvalue weighted by molar-refractivity contribution is -0.157. The van der Waals surface area contributed by atoms with E-state index in [2.05, 4.69) is 5.32 Å². The van der Waals surface area contributed by atoms with Crippen molar-refractivity contribution < 1.29 is 57.8 Å². The van der Waals surface area contributed by atoms with Crippen molar-refractivity contribution in [1.29, 1.82) is 0 Å². The Morgan fingerprint density at radius 1 is 0.494 bits per heavy atom. The first-order valence-electron chi connectivity index (χ1n) is 31.2. The monoisotopic (exact) mass is 1200 g/mol. The molecular formula is C65H114N8O12. The van der Waals surface area contributed by atoms with Gasteiger partial charge in [-0.15, -0.1) is 0 Å². The zero-order valence-corrected chi connectivity index (χ0v) is 56.7. The van der Waals surface area contributed by atoms with Gasteiger partial charge in [0.05, 0.1) is 24.7 Å². The van der Waals surface area contributed by atoms with Gasteiger partial charge in [0.15, 0.2) is 17.3 Å². The van der Waals surface area contributed by atoms with Crippen LogP contribution in [0.4, 0.5) is 0 Å². The summed E-state index contributed by atoms with van der Waals surface area (Å²) in [5, 5.41) is 14.9. The molecule has 8 amide bonds. The predicted octanol–water partition coefficient (Wildman–Crippen LogP) is 6.54. The van der Waals surface area contributed by atoms with Crippen LogP contribution in [0.15, 0.2) is 12.2 Å². The van der Waals surface area contributed by atoms with E-state index in [9.17, 15) is 48.3 Å². The molecule has 1 aliphatic rings. The first-order chi connectivity index (χ1) is 39.2. The number of Topliss-reactive ketones (excluding diaryl/α,β-unsaturated/α-hetero) is 3. The van der Waals surface area contributed by atoms with E-state index in [0.29, 0.717) is 6.42 Å². The summed E-state index contributed by atoms with van der Waals surface area (Å²) in [7, 11) is 10.2. The third-order valence-electron chi connectivity index (χ3n) is 17.1. The highest BCUT2D eigenvalue weighted by Gasteiger charge is 2.45. The molecule has 0 bridgehead atoms. The van der Waals surface area contributed by atoms with Crippen LogP contribution in [0, 0.1) is 59.2 Å². The van der Waals surface area contributed by atoms with Gasteiger partial charge in [0, 0.05) is 86.3 Å². The van der Waals surface area contributed by atoms with Crippen molar-refractivity contribution in [2.45, 2.75) is 224 Å². The van der Waals surface area contributed by atoms with Crippen molar-refractivity contribution in [1.82, 2.24) is 39.6 Å². The standard InChI is InChI=1S/C65H114N8O12/c1-25-27-28-43(15)58(78)57-54(76)34-46(26-2)61(81)67(18)36-55(77)68(19)48(29-37(3)4)53(75)35-47(41(11)12)62(82)69(20)49(30-38(5)6)52(74)33-44(16)59(79)66-45(17)60(80)70(21)50(31-39(7)8)63(83)71(22)51(32-40(9)10)64(84)72(23)56(42(13)14)65(85)73(57)24/h25,27,37-51,56-58,78H,26,28-36H2,1-24H3,(H,66,79)/b27-25+/t43-,44-,45-,46?,47+,48+,49+,50+,51+,56?,57-,58-/m1/s1. The molecule has 0 spiro atoms. The van der Waals surface area contributed by atoms with Crippen molar-refractivity contribution in [3.8, 4) is 0 Å². The number of amides is 8. The molecule has 1 heterocycles. The fourth-order valence-corrected chi connectivity index (χ4v) is 11.5. The number of rotatable bonds is 15. The summed E-state index contributed by atoms with van der Waals surface area (Å²) in [6.07, 6.45) is 2.59. The average molecular weight is 1200 g/mol. The van der Waals surface area contributed by atoms with E-state index in [1.807, 2.05) is 68.4 Å². The fourth-order valence-electron chi connectivity index (χ4n) is 11.5. The Bertz CT molecular complexity index is 2320. The number of nitrogens with one attached hydrogen (secondary N) is 1. The summed E-state index contributed by atoms with van der Waals surface area (Å²) in [4.78, 5) is 170. The van der Waals surface area contributed by atoms with Gasteiger partial charge >= 0.3 is 0 Å². The van der Waals surface area contributed by atoms with E-state index < -0.39 is 144 Å². The Balaban J connectivity index is 4.32. The Labute approximate surface area is 511 Å².